The van der Waals surface area contributed by atoms with E-state index in [9.17, 15) is 19.7 Å². The fourth-order valence-electron chi connectivity index (χ4n) is 2.87. The lowest BCUT2D eigenvalue weighted by molar-refractivity contribution is -0.384. The second-order valence-corrected chi connectivity index (χ2v) is 6.93. The van der Waals surface area contributed by atoms with Crippen LogP contribution in [0.3, 0.4) is 0 Å². The minimum absolute atomic E-state index is 0.157. The highest BCUT2D eigenvalue weighted by molar-refractivity contribution is 6.05. The average Bonchev–Trinajstić information content (AvgIpc) is 3.35. The lowest BCUT2D eigenvalue weighted by atomic mass is 10.2. The summed E-state index contributed by atoms with van der Waals surface area (Å²) in [5, 5.41) is 26.4. The van der Waals surface area contributed by atoms with Gasteiger partial charge in [0.1, 0.15) is 0 Å². The number of nitro groups is 1. The van der Waals surface area contributed by atoms with Crippen molar-refractivity contribution in [3.8, 4) is 5.69 Å². The maximum atomic E-state index is 13.0. The van der Waals surface area contributed by atoms with Gasteiger partial charge >= 0.3 is 0 Å². The summed E-state index contributed by atoms with van der Waals surface area (Å²) in [6, 6.07) is 11.9. The van der Waals surface area contributed by atoms with Crippen LogP contribution in [0.25, 0.3) is 5.69 Å². The Kier molecular flexibility index (Phi) is 7.16. The van der Waals surface area contributed by atoms with Crippen LogP contribution in [-0.2, 0) is 0 Å². The van der Waals surface area contributed by atoms with Crippen LogP contribution in [0.2, 0.25) is 0 Å². The first-order valence-corrected chi connectivity index (χ1v) is 10.2. The third kappa shape index (κ3) is 5.63. The van der Waals surface area contributed by atoms with E-state index in [-0.39, 0.29) is 22.8 Å². The lowest BCUT2D eigenvalue weighted by Gasteiger charge is -2.06. The van der Waals surface area contributed by atoms with Gasteiger partial charge < -0.3 is 0 Å². The van der Waals surface area contributed by atoms with E-state index < -0.39 is 16.7 Å². The summed E-state index contributed by atoms with van der Waals surface area (Å²) in [6.07, 6.45) is 9.02. The number of hydrogen-bond donors (Lipinski definition) is 2. The number of nitrogens with one attached hydrogen (secondary N) is 2. The summed E-state index contributed by atoms with van der Waals surface area (Å²) < 4.78 is 1.07. The van der Waals surface area contributed by atoms with Crippen molar-refractivity contribution in [1.29, 1.82) is 0 Å². The van der Waals surface area contributed by atoms with Gasteiger partial charge in [-0.2, -0.15) is 10.2 Å². The zero-order valence-corrected chi connectivity index (χ0v) is 18.3. The number of aromatic nitrogens is 5. The molecule has 2 N–H and O–H groups in total. The van der Waals surface area contributed by atoms with Gasteiger partial charge in [0.2, 0.25) is 0 Å². The Balaban J connectivity index is 1.62. The van der Waals surface area contributed by atoms with Gasteiger partial charge in [-0.3, -0.25) is 29.7 Å². The Labute approximate surface area is 202 Å². The number of benzene rings is 1. The predicted molar refractivity (Wildman–Crippen MR) is 127 cm³/mol. The number of hydrogen-bond acceptors (Lipinski definition) is 10. The van der Waals surface area contributed by atoms with Crippen LogP contribution in [0, 0.1) is 10.1 Å². The van der Waals surface area contributed by atoms with Crippen molar-refractivity contribution in [2.75, 3.05) is 0 Å². The van der Waals surface area contributed by atoms with Crippen LogP contribution in [0.5, 0.6) is 0 Å². The predicted octanol–water partition coefficient (Wildman–Crippen LogP) is 1.49. The summed E-state index contributed by atoms with van der Waals surface area (Å²) >= 11 is 0. The van der Waals surface area contributed by atoms with Crippen LogP contribution < -0.4 is 10.9 Å². The maximum absolute atomic E-state index is 13.0. The van der Waals surface area contributed by atoms with E-state index in [0.29, 0.717) is 11.1 Å². The number of carbonyl (C=O) groups excluding carboxylic acids is 2. The molecule has 0 fully saturated rings. The van der Waals surface area contributed by atoms with Gasteiger partial charge in [-0.25, -0.2) is 15.5 Å². The van der Waals surface area contributed by atoms with E-state index in [4.69, 9.17) is 0 Å². The van der Waals surface area contributed by atoms with E-state index in [1.807, 2.05) is 0 Å². The van der Waals surface area contributed by atoms with Crippen LogP contribution in [-0.4, -0.2) is 54.1 Å². The van der Waals surface area contributed by atoms with E-state index in [0.717, 1.165) is 4.68 Å². The quantitative estimate of drug-likeness (QED) is 0.214. The maximum Gasteiger partial charge on any atom is 0.294 e. The normalized spacial score (nSPS) is 11.0. The van der Waals surface area contributed by atoms with Gasteiger partial charge in [-0.15, -0.1) is 5.10 Å². The number of carbonyl (C=O) groups is 2. The molecular weight excluding hydrogens is 468 g/mol. The number of nitro benzene ring substituents is 1. The highest BCUT2D eigenvalue weighted by atomic mass is 16.6. The summed E-state index contributed by atoms with van der Waals surface area (Å²) in [5.41, 5.74) is 5.49. The van der Waals surface area contributed by atoms with Crippen molar-refractivity contribution in [2.24, 2.45) is 10.2 Å². The SMILES string of the molecule is O=C(N/N=C\c1ccncc1)c1nnn(-c2ccc([N+](=O)[O-])cc2)c1C(=O)N/N=C\c1ccncc1. The molecule has 0 aliphatic carbocycles. The molecule has 178 valence electrons. The third-order valence-electron chi connectivity index (χ3n) is 4.58. The second-order valence-electron chi connectivity index (χ2n) is 6.93. The van der Waals surface area contributed by atoms with Gasteiger partial charge in [0.15, 0.2) is 11.4 Å². The van der Waals surface area contributed by atoms with Crippen LogP contribution in [0.15, 0.2) is 83.5 Å². The van der Waals surface area contributed by atoms with Crippen LogP contribution in [0.1, 0.15) is 32.1 Å². The van der Waals surface area contributed by atoms with Crippen LogP contribution in [0.4, 0.5) is 5.69 Å². The van der Waals surface area contributed by atoms with Crippen molar-refractivity contribution >= 4 is 29.9 Å². The number of rotatable bonds is 8. The first kappa shape index (κ1) is 23.5. The number of nitrogens with zero attached hydrogens (tertiary/aromatic N) is 8. The summed E-state index contributed by atoms with van der Waals surface area (Å²) in [5.74, 6) is -1.61. The molecule has 1 aromatic carbocycles. The number of hydrazone groups is 2. The first-order chi connectivity index (χ1) is 17.5. The molecule has 4 rings (SSSR count). The molecule has 0 unspecified atom stereocenters. The Morgan fingerprint density at radius 3 is 1.89 bits per heavy atom. The summed E-state index contributed by atoms with van der Waals surface area (Å²) in [4.78, 5) is 44.0. The minimum atomic E-state index is -0.809. The monoisotopic (exact) mass is 484 g/mol. The molecular formula is C22H16N10O4. The molecule has 0 radical (unpaired) electrons. The Hall–Kier alpha value is -5.66. The molecule has 0 aliphatic heterocycles. The van der Waals surface area contributed by atoms with Crippen molar-refractivity contribution in [1.82, 2.24) is 35.8 Å². The van der Waals surface area contributed by atoms with Gasteiger partial charge in [0.25, 0.3) is 17.5 Å². The standard InChI is InChI=1S/C22H16N10O4/c33-21(28-25-13-15-5-9-23-10-6-15)19-20(22(34)29-26-14-16-7-11-24-12-8-16)31(30-27-19)17-1-3-18(4-2-17)32(35)36/h1-14H,(H,28,33)(H,29,34)/b25-13-,26-14-. The topological polar surface area (TPSA) is 183 Å². The fraction of sp³-hybridized carbons (Fsp3) is 0. The van der Waals surface area contributed by atoms with Gasteiger partial charge in [-0.05, 0) is 47.5 Å². The van der Waals surface area contributed by atoms with E-state index in [1.165, 1.54) is 36.7 Å². The van der Waals surface area contributed by atoms with Gasteiger partial charge in [0, 0.05) is 36.9 Å². The molecule has 3 heterocycles. The highest BCUT2D eigenvalue weighted by Crippen LogP contribution is 2.18. The molecule has 0 saturated heterocycles. The zero-order chi connectivity index (χ0) is 25.3. The Bertz CT molecular complexity index is 1430. The molecule has 0 spiro atoms. The number of non-ortho nitro benzene ring substituents is 1. The largest absolute Gasteiger partial charge is 0.294 e. The molecule has 0 saturated carbocycles. The second kappa shape index (κ2) is 11.0. The van der Waals surface area contributed by atoms with E-state index in [1.54, 1.807) is 49.1 Å². The molecule has 0 aliphatic rings. The molecule has 0 atom stereocenters. The molecule has 36 heavy (non-hydrogen) atoms. The minimum Gasteiger partial charge on any atom is -0.265 e. The smallest absolute Gasteiger partial charge is 0.265 e. The first-order valence-electron chi connectivity index (χ1n) is 10.2. The average molecular weight is 484 g/mol. The molecule has 14 nitrogen and oxygen atoms in total. The van der Waals surface area contributed by atoms with Crippen molar-refractivity contribution < 1.29 is 14.5 Å². The molecule has 4 aromatic rings. The summed E-state index contributed by atoms with van der Waals surface area (Å²) in [6.45, 7) is 0. The zero-order valence-electron chi connectivity index (χ0n) is 18.3. The van der Waals surface area contributed by atoms with Gasteiger partial charge in [0.05, 0.1) is 23.0 Å². The highest BCUT2D eigenvalue weighted by Gasteiger charge is 2.26. The van der Waals surface area contributed by atoms with Crippen molar-refractivity contribution in [2.45, 2.75) is 0 Å². The molecule has 14 heteroatoms. The fourth-order valence-corrected chi connectivity index (χ4v) is 2.87. The molecule has 2 amide bonds. The Morgan fingerprint density at radius 1 is 0.833 bits per heavy atom. The van der Waals surface area contributed by atoms with Crippen molar-refractivity contribution in [3.05, 3.63) is 106 Å². The van der Waals surface area contributed by atoms with E-state index >= 15 is 0 Å². The van der Waals surface area contributed by atoms with Crippen molar-refractivity contribution in [3.63, 3.8) is 0 Å². The van der Waals surface area contributed by atoms with Gasteiger partial charge in [-0.1, -0.05) is 5.21 Å². The van der Waals surface area contributed by atoms with Crippen LogP contribution >= 0.6 is 0 Å². The number of pyridine rings is 2. The molecule has 3 aromatic heterocycles. The number of amides is 2. The molecule has 0 bridgehead atoms. The van der Waals surface area contributed by atoms with E-state index in [2.05, 4.69) is 41.3 Å². The summed E-state index contributed by atoms with van der Waals surface area (Å²) in [7, 11) is 0. The third-order valence-corrected chi connectivity index (χ3v) is 4.58. The Morgan fingerprint density at radius 2 is 1.36 bits per heavy atom. The lowest BCUT2D eigenvalue weighted by Crippen LogP contribution is -2.27.